The summed E-state index contributed by atoms with van der Waals surface area (Å²) in [7, 11) is 0. The standard InChI is InChI=1S/C10H10IN3/c1-7-6-12-10(13-7)14-9-4-2-3-8(11)5-9/h2-6H,1H3,(H2,12,13,14). The van der Waals surface area contributed by atoms with Gasteiger partial charge in [-0.1, -0.05) is 6.07 Å². The van der Waals surface area contributed by atoms with Crippen molar-refractivity contribution in [3.63, 3.8) is 0 Å². The first kappa shape index (κ1) is 9.51. The molecule has 0 spiro atoms. The van der Waals surface area contributed by atoms with Gasteiger partial charge in [-0.05, 0) is 47.7 Å². The summed E-state index contributed by atoms with van der Waals surface area (Å²) in [6.07, 6.45) is 1.80. The van der Waals surface area contributed by atoms with E-state index in [-0.39, 0.29) is 0 Å². The Hall–Kier alpha value is -1.04. The molecule has 0 fully saturated rings. The third kappa shape index (κ3) is 2.25. The van der Waals surface area contributed by atoms with E-state index in [1.54, 1.807) is 6.20 Å². The van der Waals surface area contributed by atoms with E-state index >= 15 is 0 Å². The molecule has 2 rings (SSSR count). The first-order valence-electron chi connectivity index (χ1n) is 4.28. The number of anilines is 2. The Bertz CT molecular complexity index is 436. The van der Waals surface area contributed by atoms with Crippen molar-refractivity contribution in [2.75, 3.05) is 5.32 Å². The summed E-state index contributed by atoms with van der Waals surface area (Å²) < 4.78 is 1.20. The summed E-state index contributed by atoms with van der Waals surface area (Å²) in [6, 6.07) is 8.15. The number of aromatic amines is 1. The fourth-order valence-corrected chi connectivity index (χ4v) is 1.72. The number of nitrogens with zero attached hydrogens (tertiary/aromatic N) is 1. The summed E-state index contributed by atoms with van der Waals surface area (Å²) in [6.45, 7) is 1.98. The zero-order valence-electron chi connectivity index (χ0n) is 7.71. The minimum atomic E-state index is 0.782. The number of nitrogens with one attached hydrogen (secondary N) is 2. The SMILES string of the molecule is Cc1cnc(Nc2cccc(I)c2)[nH]1. The van der Waals surface area contributed by atoms with Gasteiger partial charge in [0.25, 0.3) is 0 Å². The van der Waals surface area contributed by atoms with Crippen LogP contribution in [0.4, 0.5) is 11.6 Å². The number of H-pyrrole nitrogens is 1. The van der Waals surface area contributed by atoms with Gasteiger partial charge in [0.05, 0.1) is 0 Å². The van der Waals surface area contributed by atoms with Gasteiger partial charge in [-0.3, -0.25) is 0 Å². The Morgan fingerprint density at radius 1 is 1.43 bits per heavy atom. The molecule has 0 bridgehead atoms. The van der Waals surface area contributed by atoms with E-state index in [0.29, 0.717) is 0 Å². The Kier molecular flexibility index (Phi) is 2.72. The fourth-order valence-electron chi connectivity index (χ4n) is 1.18. The molecule has 4 heteroatoms. The van der Waals surface area contributed by atoms with Gasteiger partial charge >= 0.3 is 0 Å². The molecule has 1 aromatic heterocycles. The molecular formula is C10H10IN3. The van der Waals surface area contributed by atoms with Crippen molar-refractivity contribution in [3.8, 4) is 0 Å². The fraction of sp³-hybridized carbons (Fsp3) is 0.100. The second kappa shape index (κ2) is 4.00. The molecule has 0 aliphatic carbocycles. The minimum absolute atomic E-state index is 0.782. The summed E-state index contributed by atoms with van der Waals surface area (Å²) in [5.74, 6) is 0.782. The average molecular weight is 299 g/mol. The molecule has 0 amide bonds. The number of halogens is 1. The van der Waals surface area contributed by atoms with E-state index in [0.717, 1.165) is 17.3 Å². The molecule has 1 heterocycles. The molecular weight excluding hydrogens is 289 g/mol. The molecule has 72 valence electrons. The lowest BCUT2D eigenvalue weighted by molar-refractivity contribution is 1.24. The maximum absolute atomic E-state index is 4.17. The van der Waals surface area contributed by atoms with Crippen LogP contribution in [0.3, 0.4) is 0 Å². The van der Waals surface area contributed by atoms with Gasteiger partial charge in [0, 0.05) is 21.1 Å². The maximum Gasteiger partial charge on any atom is 0.204 e. The van der Waals surface area contributed by atoms with Crippen LogP contribution in [0.25, 0.3) is 0 Å². The van der Waals surface area contributed by atoms with Crippen molar-refractivity contribution in [1.29, 1.82) is 0 Å². The smallest absolute Gasteiger partial charge is 0.204 e. The third-order valence-electron chi connectivity index (χ3n) is 1.79. The number of hydrogen-bond acceptors (Lipinski definition) is 2. The number of aromatic nitrogens is 2. The van der Waals surface area contributed by atoms with Gasteiger partial charge in [-0.25, -0.2) is 4.98 Å². The van der Waals surface area contributed by atoms with Crippen molar-refractivity contribution >= 4 is 34.2 Å². The first-order valence-corrected chi connectivity index (χ1v) is 5.36. The van der Waals surface area contributed by atoms with E-state index in [9.17, 15) is 0 Å². The molecule has 3 nitrogen and oxygen atoms in total. The van der Waals surface area contributed by atoms with Crippen LogP contribution in [0.2, 0.25) is 0 Å². The number of rotatable bonds is 2. The van der Waals surface area contributed by atoms with Gasteiger partial charge in [0.2, 0.25) is 5.95 Å². The average Bonchev–Trinajstić information content (AvgIpc) is 2.51. The van der Waals surface area contributed by atoms with Crippen molar-refractivity contribution in [2.24, 2.45) is 0 Å². The quantitative estimate of drug-likeness (QED) is 0.837. The van der Waals surface area contributed by atoms with E-state index in [1.165, 1.54) is 3.57 Å². The Morgan fingerprint density at radius 2 is 2.29 bits per heavy atom. The zero-order chi connectivity index (χ0) is 9.97. The second-order valence-corrected chi connectivity index (χ2v) is 4.30. The normalized spacial score (nSPS) is 10.1. The van der Waals surface area contributed by atoms with Crippen LogP contribution >= 0.6 is 22.6 Å². The lowest BCUT2D eigenvalue weighted by atomic mass is 10.3. The molecule has 0 saturated carbocycles. The first-order chi connectivity index (χ1) is 6.74. The van der Waals surface area contributed by atoms with Gasteiger partial charge in [-0.2, -0.15) is 0 Å². The predicted octanol–water partition coefficient (Wildman–Crippen LogP) is 3.07. The molecule has 0 aliphatic rings. The van der Waals surface area contributed by atoms with Gasteiger partial charge in [-0.15, -0.1) is 0 Å². The predicted molar refractivity (Wildman–Crippen MR) is 65.8 cm³/mol. The van der Waals surface area contributed by atoms with Crippen LogP contribution in [0.15, 0.2) is 30.5 Å². The number of hydrogen-bond donors (Lipinski definition) is 2. The molecule has 0 radical (unpaired) electrons. The van der Waals surface area contributed by atoms with E-state index in [1.807, 2.05) is 19.1 Å². The van der Waals surface area contributed by atoms with Crippen molar-refractivity contribution < 1.29 is 0 Å². The van der Waals surface area contributed by atoms with Crippen molar-refractivity contribution in [3.05, 3.63) is 39.7 Å². The van der Waals surface area contributed by atoms with Gasteiger partial charge < -0.3 is 10.3 Å². The molecule has 2 aromatic rings. The van der Waals surface area contributed by atoms with E-state index < -0.39 is 0 Å². The highest BCUT2D eigenvalue weighted by atomic mass is 127. The molecule has 14 heavy (non-hydrogen) atoms. The summed E-state index contributed by atoms with van der Waals surface area (Å²) in [5.41, 5.74) is 2.10. The maximum atomic E-state index is 4.17. The number of aryl methyl sites for hydroxylation is 1. The lowest BCUT2D eigenvalue weighted by Crippen LogP contribution is -1.92. The van der Waals surface area contributed by atoms with Crippen molar-refractivity contribution in [2.45, 2.75) is 6.92 Å². The number of imidazole rings is 1. The monoisotopic (exact) mass is 299 g/mol. The van der Waals surface area contributed by atoms with E-state index in [4.69, 9.17) is 0 Å². The largest absolute Gasteiger partial charge is 0.328 e. The molecule has 0 unspecified atom stereocenters. The van der Waals surface area contributed by atoms with Crippen LogP contribution in [0, 0.1) is 10.5 Å². The lowest BCUT2D eigenvalue weighted by Gasteiger charge is -2.02. The molecule has 0 atom stereocenters. The topological polar surface area (TPSA) is 40.7 Å². The minimum Gasteiger partial charge on any atom is -0.328 e. The summed E-state index contributed by atoms with van der Waals surface area (Å²) >= 11 is 2.28. The third-order valence-corrected chi connectivity index (χ3v) is 2.46. The van der Waals surface area contributed by atoms with Crippen LogP contribution in [-0.4, -0.2) is 9.97 Å². The van der Waals surface area contributed by atoms with Gasteiger partial charge in [0.15, 0.2) is 0 Å². The Balaban J connectivity index is 2.18. The molecule has 0 saturated heterocycles. The summed E-state index contributed by atoms with van der Waals surface area (Å²) in [5, 5.41) is 3.19. The molecule has 2 N–H and O–H groups in total. The van der Waals surface area contributed by atoms with Gasteiger partial charge in [0.1, 0.15) is 0 Å². The second-order valence-electron chi connectivity index (χ2n) is 3.05. The van der Waals surface area contributed by atoms with Crippen LogP contribution in [0.5, 0.6) is 0 Å². The van der Waals surface area contributed by atoms with Crippen molar-refractivity contribution in [1.82, 2.24) is 9.97 Å². The molecule has 0 aliphatic heterocycles. The Morgan fingerprint density at radius 3 is 2.93 bits per heavy atom. The summed E-state index contributed by atoms with van der Waals surface area (Å²) in [4.78, 5) is 7.29. The molecule has 1 aromatic carbocycles. The van der Waals surface area contributed by atoms with Crippen LogP contribution < -0.4 is 5.32 Å². The highest BCUT2D eigenvalue weighted by Gasteiger charge is 1.97. The highest BCUT2D eigenvalue weighted by molar-refractivity contribution is 14.1. The van der Waals surface area contributed by atoms with E-state index in [2.05, 4.69) is 50.0 Å². The highest BCUT2D eigenvalue weighted by Crippen LogP contribution is 2.16. The number of benzene rings is 1. The Labute approximate surface area is 96.1 Å². The zero-order valence-corrected chi connectivity index (χ0v) is 9.87. The van der Waals surface area contributed by atoms with Crippen LogP contribution in [-0.2, 0) is 0 Å². The van der Waals surface area contributed by atoms with Crippen LogP contribution in [0.1, 0.15) is 5.69 Å².